The van der Waals surface area contributed by atoms with Crippen molar-refractivity contribution in [3.8, 4) is 0 Å². The number of anilines is 1. The summed E-state index contributed by atoms with van der Waals surface area (Å²) in [6.45, 7) is 6.48. The van der Waals surface area contributed by atoms with Crippen LogP contribution in [0.25, 0.3) is 0 Å². The van der Waals surface area contributed by atoms with Gasteiger partial charge in [-0.05, 0) is 6.07 Å². The van der Waals surface area contributed by atoms with Gasteiger partial charge in [0.05, 0.1) is 0 Å². The van der Waals surface area contributed by atoms with Crippen molar-refractivity contribution in [2.45, 2.75) is 19.6 Å². The van der Waals surface area contributed by atoms with Gasteiger partial charge in [-0.15, -0.1) is 0 Å². The molecule has 1 aromatic heterocycles. The first-order valence-corrected chi connectivity index (χ1v) is 7.31. The molecular weight excluding hydrogens is 170 g/mol. The highest BCUT2D eigenvalue weighted by Crippen LogP contribution is 2.05. The molecule has 0 aliphatic rings. The summed E-state index contributed by atoms with van der Waals surface area (Å²) >= 11 is 0. The minimum absolute atomic E-state index is 0.307. The molecule has 0 aliphatic carbocycles. The molecule has 1 rings (SSSR count). The molecule has 0 saturated heterocycles. The lowest BCUT2D eigenvalue weighted by atomic mass is 10.6. The summed E-state index contributed by atoms with van der Waals surface area (Å²) < 4.78 is 0. The van der Waals surface area contributed by atoms with Gasteiger partial charge in [0, 0.05) is 6.20 Å². The van der Waals surface area contributed by atoms with E-state index < -0.39 is 8.24 Å². The van der Waals surface area contributed by atoms with Crippen molar-refractivity contribution >= 4 is 14.1 Å². The maximum Gasteiger partial charge on any atom is 0.346 e. The summed E-state index contributed by atoms with van der Waals surface area (Å²) in [4.78, 5) is 20.2. The third-order valence-corrected chi connectivity index (χ3v) is 2.20. The zero-order valence-electron chi connectivity index (χ0n) is 7.51. The van der Waals surface area contributed by atoms with Gasteiger partial charge in [-0.2, -0.15) is 0 Å². The summed E-state index contributed by atoms with van der Waals surface area (Å²) in [7, 11) is -1.37. The average molecular weight is 183 g/mol. The van der Waals surface area contributed by atoms with E-state index in [-0.39, 0.29) is 5.69 Å². The SMILES string of the molecule is C[Si](C)(C)Nc1ccnc(=O)[nH]1. The third kappa shape index (κ3) is 2.87. The first kappa shape index (κ1) is 8.99. The average Bonchev–Trinajstić information content (AvgIpc) is 1.82. The second kappa shape index (κ2) is 3.10. The Morgan fingerprint density at radius 3 is 2.67 bits per heavy atom. The molecule has 12 heavy (non-hydrogen) atoms. The lowest BCUT2D eigenvalue weighted by Crippen LogP contribution is -2.33. The molecule has 0 unspecified atom stereocenters. The third-order valence-electron chi connectivity index (χ3n) is 1.18. The van der Waals surface area contributed by atoms with Gasteiger partial charge >= 0.3 is 5.69 Å². The molecule has 0 aliphatic heterocycles. The second-order valence-electron chi connectivity index (χ2n) is 3.66. The molecule has 0 fully saturated rings. The lowest BCUT2D eigenvalue weighted by molar-refractivity contribution is 1.08. The Morgan fingerprint density at radius 1 is 1.50 bits per heavy atom. The lowest BCUT2D eigenvalue weighted by Gasteiger charge is -2.18. The normalized spacial score (nSPS) is 11.2. The van der Waals surface area contributed by atoms with Crippen molar-refractivity contribution in [1.82, 2.24) is 9.97 Å². The number of nitrogens with one attached hydrogen (secondary N) is 2. The van der Waals surface area contributed by atoms with Gasteiger partial charge in [-0.1, -0.05) is 19.6 Å². The van der Waals surface area contributed by atoms with Gasteiger partial charge in [0.25, 0.3) is 0 Å². The van der Waals surface area contributed by atoms with Gasteiger partial charge in [0.1, 0.15) is 14.1 Å². The molecule has 0 atom stereocenters. The van der Waals surface area contributed by atoms with Crippen molar-refractivity contribution in [1.29, 1.82) is 0 Å². The van der Waals surface area contributed by atoms with E-state index in [0.29, 0.717) is 0 Å². The van der Waals surface area contributed by atoms with E-state index in [2.05, 4.69) is 34.6 Å². The molecule has 0 amide bonds. The highest BCUT2D eigenvalue weighted by Gasteiger charge is 2.12. The number of H-pyrrole nitrogens is 1. The van der Waals surface area contributed by atoms with E-state index in [1.54, 1.807) is 6.07 Å². The summed E-state index contributed by atoms with van der Waals surface area (Å²) in [6, 6.07) is 1.76. The molecule has 66 valence electrons. The van der Waals surface area contributed by atoms with Crippen molar-refractivity contribution in [2.75, 3.05) is 4.98 Å². The Labute approximate surface area is 72.1 Å². The smallest absolute Gasteiger partial charge is 0.346 e. The van der Waals surface area contributed by atoms with E-state index in [1.165, 1.54) is 6.20 Å². The van der Waals surface area contributed by atoms with Crippen molar-refractivity contribution < 1.29 is 0 Å². The molecule has 0 spiro atoms. The minimum Gasteiger partial charge on any atom is -0.397 e. The molecule has 0 aromatic carbocycles. The number of nitrogens with zero attached hydrogens (tertiary/aromatic N) is 1. The van der Waals surface area contributed by atoms with Crippen LogP contribution in [0.4, 0.5) is 5.82 Å². The fourth-order valence-corrected chi connectivity index (χ4v) is 1.80. The van der Waals surface area contributed by atoms with Crippen LogP contribution in [0, 0.1) is 0 Å². The van der Waals surface area contributed by atoms with Crippen molar-refractivity contribution in [3.05, 3.63) is 22.7 Å². The molecule has 0 bridgehead atoms. The van der Waals surface area contributed by atoms with Gasteiger partial charge in [-0.25, -0.2) is 9.78 Å². The standard InChI is InChI=1S/C7H13N3OSi/c1-12(2,3)10-6-4-5-8-7(11)9-6/h4-5H,1-3H3,(H2,8,9,10,11). The monoisotopic (exact) mass is 183 g/mol. The molecule has 5 heteroatoms. The molecule has 4 nitrogen and oxygen atoms in total. The Kier molecular flexibility index (Phi) is 2.32. The summed E-state index contributed by atoms with van der Waals surface area (Å²) in [5.41, 5.74) is -0.307. The summed E-state index contributed by atoms with van der Waals surface area (Å²) in [5.74, 6) is 0.758. The van der Waals surface area contributed by atoms with Crippen LogP contribution in [0.15, 0.2) is 17.1 Å². The number of hydrogen-bond acceptors (Lipinski definition) is 3. The topological polar surface area (TPSA) is 57.8 Å². The van der Waals surface area contributed by atoms with Gasteiger partial charge in [0.15, 0.2) is 0 Å². The van der Waals surface area contributed by atoms with E-state index in [1.807, 2.05) is 0 Å². The summed E-state index contributed by atoms with van der Waals surface area (Å²) in [6.07, 6.45) is 1.50. The molecule has 1 aromatic rings. The van der Waals surface area contributed by atoms with Gasteiger partial charge < -0.3 is 4.98 Å². The van der Waals surface area contributed by atoms with E-state index in [4.69, 9.17) is 0 Å². The molecule has 2 N–H and O–H groups in total. The fourth-order valence-electron chi connectivity index (χ4n) is 0.846. The maximum atomic E-state index is 10.8. The van der Waals surface area contributed by atoms with Crippen LogP contribution >= 0.6 is 0 Å². The molecule has 1 heterocycles. The second-order valence-corrected chi connectivity index (χ2v) is 8.41. The van der Waals surface area contributed by atoms with E-state index in [0.717, 1.165) is 5.82 Å². The van der Waals surface area contributed by atoms with Gasteiger partial charge in [-0.3, -0.25) is 4.98 Å². The van der Waals surface area contributed by atoms with Crippen LogP contribution in [0.3, 0.4) is 0 Å². The van der Waals surface area contributed by atoms with Gasteiger partial charge in [0.2, 0.25) is 0 Å². The Morgan fingerprint density at radius 2 is 2.17 bits per heavy atom. The zero-order valence-corrected chi connectivity index (χ0v) is 8.51. The van der Waals surface area contributed by atoms with Crippen LogP contribution in [0.5, 0.6) is 0 Å². The van der Waals surface area contributed by atoms with Crippen LogP contribution in [0.2, 0.25) is 19.6 Å². The molecule has 0 radical (unpaired) electrons. The predicted molar refractivity (Wildman–Crippen MR) is 51.8 cm³/mol. The number of aromatic nitrogens is 2. The first-order chi connectivity index (χ1) is 5.47. The van der Waals surface area contributed by atoms with Crippen LogP contribution in [-0.4, -0.2) is 18.2 Å². The number of aromatic amines is 1. The molecule has 0 saturated carbocycles. The number of hydrogen-bond donors (Lipinski definition) is 2. The van der Waals surface area contributed by atoms with Crippen molar-refractivity contribution in [2.24, 2.45) is 0 Å². The quantitative estimate of drug-likeness (QED) is 0.673. The van der Waals surface area contributed by atoms with Crippen LogP contribution in [0.1, 0.15) is 0 Å². The Bertz CT molecular complexity index is 315. The number of rotatable bonds is 2. The zero-order chi connectivity index (χ0) is 9.19. The van der Waals surface area contributed by atoms with E-state index >= 15 is 0 Å². The summed E-state index contributed by atoms with van der Waals surface area (Å²) in [5, 5.41) is 0. The highest BCUT2D eigenvalue weighted by molar-refractivity contribution is 6.79. The maximum absolute atomic E-state index is 10.8. The van der Waals surface area contributed by atoms with Crippen molar-refractivity contribution in [3.63, 3.8) is 0 Å². The largest absolute Gasteiger partial charge is 0.397 e. The van der Waals surface area contributed by atoms with E-state index in [9.17, 15) is 4.79 Å². The first-order valence-electron chi connectivity index (χ1n) is 3.81. The highest BCUT2D eigenvalue weighted by atomic mass is 28.3. The van der Waals surface area contributed by atoms with Crippen LogP contribution in [-0.2, 0) is 0 Å². The predicted octanol–water partition coefficient (Wildman–Crippen LogP) is 1.02. The fraction of sp³-hybridized carbons (Fsp3) is 0.429. The Balaban J connectivity index is 2.84. The molecular formula is C7H13N3OSi. The Hall–Kier alpha value is -1.10. The van der Waals surface area contributed by atoms with Crippen LogP contribution < -0.4 is 10.7 Å². The minimum atomic E-state index is -1.37.